The topological polar surface area (TPSA) is 18.5 Å². The molecule has 0 atom stereocenters. The molecule has 0 unspecified atom stereocenters. The van der Waals surface area contributed by atoms with E-state index in [4.69, 9.17) is 20.9 Å². The summed E-state index contributed by atoms with van der Waals surface area (Å²) in [7, 11) is -0.736. The van der Waals surface area contributed by atoms with Crippen LogP contribution < -0.4 is 5.46 Å². The van der Waals surface area contributed by atoms with Crippen molar-refractivity contribution in [2.75, 3.05) is 0 Å². The molecule has 1 aliphatic heterocycles. The van der Waals surface area contributed by atoms with Crippen LogP contribution >= 0.6 is 27.5 Å². The Hall–Kier alpha value is -0.0951. The summed E-state index contributed by atoms with van der Waals surface area (Å²) in [5.74, 6) is -0.510. The average molecular weight is 335 g/mol. The quantitative estimate of drug-likeness (QED) is 0.577. The van der Waals surface area contributed by atoms with E-state index in [2.05, 4.69) is 15.9 Å². The highest BCUT2D eigenvalue weighted by molar-refractivity contribution is 9.10. The summed E-state index contributed by atoms with van der Waals surface area (Å²) in [5.41, 5.74) is -0.672. The molecule has 1 saturated heterocycles. The van der Waals surface area contributed by atoms with Crippen LogP contribution in [0.5, 0.6) is 0 Å². The number of halogens is 3. The first-order chi connectivity index (χ1) is 8.16. The molecule has 1 fully saturated rings. The zero-order chi connectivity index (χ0) is 13.7. The van der Waals surface area contributed by atoms with Crippen LogP contribution in [0, 0.1) is 5.82 Å². The van der Waals surface area contributed by atoms with Gasteiger partial charge in [0.05, 0.1) is 16.2 Å². The van der Waals surface area contributed by atoms with Crippen LogP contribution in [0.1, 0.15) is 27.7 Å². The van der Waals surface area contributed by atoms with Gasteiger partial charge in [-0.1, -0.05) is 17.7 Å². The van der Waals surface area contributed by atoms with Gasteiger partial charge in [0.1, 0.15) is 5.82 Å². The average Bonchev–Trinajstić information content (AvgIpc) is 2.45. The molecule has 1 heterocycles. The highest BCUT2D eigenvalue weighted by atomic mass is 79.9. The third-order valence-electron chi connectivity index (χ3n) is 3.57. The van der Waals surface area contributed by atoms with E-state index in [1.165, 1.54) is 0 Å². The van der Waals surface area contributed by atoms with E-state index in [-0.39, 0.29) is 5.02 Å². The van der Waals surface area contributed by atoms with Crippen molar-refractivity contribution >= 4 is 40.1 Å². The van der Waals surface area contributed by atoms with Crippen LogP contribution in [0.25, 0.3) is 0 Å². The zero-order valence-electron chi connectivity index (χ0n) is 10.7. The summed E-state index contributed by atoms with van der Waals surface area (Å²) >= 11 is 9.05. The lowest BCUT2D eigenvalue weighted by molar-refractivity contribution is 0.00578. The van der Waals surface area contributed by atoms with Crippen molar-refractivity contribution in [3.8, 4) is 0 Å². The molecule has 0 bridgehead atoms. The van der Waals surface area contributed by atoms with Gasteiger partial charge >= 0.3 is 7.12 Å². The third-order valence-corrected chi connectivity index (χ3v) is 4.83. The first-order valence-electron chi connectivity index (χ1n) is 5.65. The van der Waals surface area contributed by atoms with E-state index >= 15 is 0 Å². The largest absolute Gasteiger partial charge is 0.497 e. The normalized spacial score (nSPS) is 21.4. The van der Waals surface area contributed by atoms with Crippen molar-refractivity contribution in [2.45, 2.75) is 38.9 Å². The Morgan fingerprint density at radius 3 is 2.17 bits per heavy atom. The van der Waals surface area contributed by atoms with Gasteiger partial charge in [0, 0.05) is 9.94 Å². The lowest BCUT2D eigenvalue weighted by atomic mass is 9.79. The number of hydrogen-bond donors (Lipinski definition) is 0. The van der Waals surface area contributed by atoms with E-state index in [9.17, 15) is 4.39 Å². The monoisotopic (exact) mass is 334 g/mol. The Bertz CT molecular complexity index is 477. The summed E-state index contributed by atoms with van der Waals surface area (Å²) < 4.78 is 26.2. The van der Waals surface area contributed by atoms with Gasteiger partial charge in [-0.3, -0.25) is 0 Å². The molecule has 0 aromatic heterocycles. The van der Waals surface area contributed by atoms with Crippen LogP contribution in [0.4, 0.5) is 4.39 Å². The molecule has 6 heteroatoms. The molecule has 18 heavy (non-hydrogen) atoms. The highest BCUT2D eigenvalue weighted by Gasteiger charge is 2.52. The Labute approximate surface area is 120 Å². The molecule has 0 amide bonds. The lowest BCUT2D eigenvalue weighted by Crippen LogP contribution is -2.41. The molecule has 0 aliphatic carbocycles. The van der Waals surface area contributed by atoms with E-state index in [0.717, 1.165) is 0 Å². The second-order valence-electron chi connectivity index (χ2n) is 5.35. The molecular weight excluding hydrogens is 321 g/mol. The number of benzene rings is 1. The zero-order valence-corrected chi connectivity index (χ0v) is 13.0. The van der Waals surface area contributed by atoms with Crippen molar-refractivity contribution in [3.63, 3.8) is 0 Å². The van der Waals surface area contributed by atoms with Gasteiger partial charge in [-0.25, -0.2) is 4.39 Å². The molecule has 0 N–H and O–H groups in total. The maximum Gasteiger partial charge on any atom is 0.497 e. The van der Waals surface area contributed by atoms with Gasteiger partial charge in [0.25, 0.3) is 0 Å². The van der Waals surface area contributed by atoms with Crippen LogP contribution in [0.15, 0.2) is 16.6 Å². The molecule has 0 radical (unpaired) electrons. The van der Waals surface area contributed by atoms with Crippen LogP contribution in [-0.2, 0) is 9.31 Å². The fraction of sp³-hybridized carbons (Fsp3) is 0.500. The minimum absolute atomic E-state index is 0.0437. The van der Waals surface area contributed by atoms with E-state index in [1.807, 2.05) is 27.7 Å². The second kappa shape index (κ2) is 4.48. The highest BCUT2D eigenvalue weighted by Crippen LogP contribution is 2.37. The van der Waals surface area contributed by atoms with Crippen LogP contribution in [-0.4, -0.2) is 18.3 Å². The lowest BCUT2D eigenvalue weighted by Gasteiger charge is -2.32. The Morgan fingerprint density at radius 1 is 1.17 bits per heavy atom. The maximum absolute atomic E-state index is 14.1. The van der Waals surface area contributed by atoms with Crippen molar-refractivity contribution in [1.29, 1.82) is 0 Å². The summed E-state index contributed by atoms with van der Waals surface area (Å²) in [6, 6.07) is 3.30. The Balaban J connectivity index is 2.39. The van der Waals surface area contributed by atoms with E-state index in [1.54, 1.807) is 12.1 Å². The van der Waals surface area contributed by atoms with Crippen LogP contribution in [0.3, 0.4) is 0 Å². The standard InChI is InChI=1S/C12H14BBrClFO2/c1-11(2)12(3,4)18-13(17-11)7-5-6-8(14)9(15)10(7)16/h5-6H,1-4H3. The van der Waals surface area contributed by atoms with Crippen LogP contribution in [0.2, 0.25) is 5.02 Å². The second-order valence-corrected chi connectivity index (χ2v) is 6.59. The Morgan fingerprint density at radius 2 is 1.67 bits per heavy atom. The van der Waals surface area contributed by atoms with E-state index in [0.29, 0.717) is 9.94 Å². The molecule has 2 rings (SSSR count). The third kappa shape index (κ3) is 2.22. The Kier molecular flexibility index (Phi) is 3.56. The van der Waals surface area contributed by atoms with E-state index < -0.39 is 24.1 Å². The van der Waals surface area contributed by atoms with Crippen molar-refractivity contribution < 1.29 is 13.7 Å². The van der Waals surface area contributed by atoms with Gasteiger partial charge in [0.2, 0.25) is 0 Å². The molecule has 0 saturated carbocycles. The van der Waals surface area contributed by atoms with Gasteiger partial charge < -0.3 is 9.31 Å². The molecule has 0 spiro atoms. The predicted molar refractivity (Wildman–Crippen MR) is 74.8 cm³/mol. The van der Waals surface area contributed by atoms with Crippen molar-refractivity contribution in [2.24, 2.45) is 0 Å². The predicted octanol–water partition coefficient (Wildman–Crippen LogP) is 3.54. The molecule has 1 aromatic rings. The smallest absolute Gasteiger partial charge is 0.399 e. The summed E-state index contributed by atoms with van der Waals surface area (Å²) in [6.45, 7) is 7.69. The molecule has 1 aromatic carbocycles. The SMILES string of the molecule is CC1(C)OB(c2ccc(Br)c(Cl)c2F)OC1(C)C. The van der Waals surface area contributed by atoms with Gasteiger partial charge in [-0.05, 0) is 49.7 Å². The maximum atomic E-state index is 14.1. The summed E-state index contributed by atoms with van der Waals surface area (Å²) in [5, 5.41) is 0.0437. The number of hydrogen-bond acceptors (Lipinski definition) is 2. The molecular formula is C12H14BBrClFO2. The molecule has 98 valence electrons. The first kappa shape index (κ1) is 14.3. The minimum atomic E-state index is -0.736. The minimum Gasteiger partial charge on any atom is -0.399 e. The first-order valence-corrected chi connectivity index (χ1v) is 6.82. The van der Waals surface area contributed by atoms with Crippen molar-refractivity contribution in [1.82, 2.24) is 0 Å². The molecule has 2 nitrogen and oxygen atoms in total. The van der Waals surface area contributed by atoms with Gasteiger partial charge in [-0.2, -0.15) is 0 Å². The van der Waals surface area contributed by atoms with Gasteiger partial charge in [-0.15, -0.1) is 0 Å². The summed E-state index contributed by atoms with van der Waals surface area (Å²) in [6.07, 6.45) is 0. The van der Waals surface area contributed by atoms with Gasteiger partial charge in [0.15, 0.2) is 0 Å². The number of rotatable bonds is 1. The molecule has 1 aliphatic rings. The fourth-order valence-corrected chi connectivity index (χ4v) is 2.17. The van der Waals surface area contributed by atoms with Crippen molar-refractivity contribution in [3.05, 3.63) is 27.4 Å². The fourth-order valence-electron chi connectivity index (χ4n) is 1.69. The summed E-state index contributed by atoms with van der Waals surface area (Å²) in [4.78, 5) is 0.